The quantitative estimate of drug-likeness (QED) is 0.390. The lowest BCUT2D eigenvalue weighted by Gasteiger charge is -2.07. The molecule has 0 spiro atoms. The highest BCUT2D eigenvalue weighted by molar-refractivity contribution is 14.1. The van der Waals surface area contributed by atoms with Crippen molar-refractivity contribution in [2.45, 2.75) is 4.43 Å². The van der Waals surface area contributed by atoms with Crippen molar-refractivity contribution in [3.8, 4) is 0 Å². The monoisotopic (exact) mass is 302 g/mol. The Labute approximate surface area is 96.5 Å². The second kappa shape index (κ2) is 4.99. The zero-order valence-corrected chi connectivity index (χ0v) is 9.74. The lowest BCUT2D eigenvalue weighted by molar-refractivity contribution is -0.111. The minimum Gasteiger partial charge on any atom is -0.397 e. The molecule has 0 saturated heterocycles. The molecule has 0 unspecified atom stereocenters. The van der Waals surface area contributed by atoms with Gasteiger partial charge in [0.15, 0.2) is 0 Å². The number of anilines is 2. The summed E-state index contributed by atoms with van der Waals surface area (Å²) in [6, 6.07) is 5.58. The van der Waals surface area contributed by atoms with E-state index in [-0.39, 0.29) is 5.91 Å². The number of hydrogen-bond acceptors (Lipinski definition) is 2. The molecular formula is C10H11IN2O. The molecule has 0 heterocycles. The van der Waals surface area contributed by atoms with Crippen LogP contribution in [0.15, 0.2) is 30.9 Å². The zero-order valence-electron chi connectivity index (χ0n) is 7.59. The van der Waals surface area contributed by atoms with Crippen LogP contribution in [-0.2, 0) is 9.22 Å². The predicted octanol–water partition coefficient (Wildman–Crippen LogP) is 2.33. The normalized spacial score (nSPS) is 9.50. The summed E-state index contributed by atoms with van der Waals surface area (Å²) >= 11 is 2.25. The third-order valence-corrected chi connectivity index (χ3v) is 2.60. The van der Waals surface area contributed by atoms with Crippen molar-refractivity contribution in [2.24, 2.45) is 0 Å². The third kappa shape index (κ3) is 2.73. The Balaban J connectivity index is 2.94. The predicted molar refractivity (Wildman–Crippen MR) is 67.4 cm³/mol. The van der Waals surface area contributed by atoms with Crippen molar-refractivity contribution in [3.05, 3.63) is 36.4 Å². The first-order valence-corrected chi connectivity index (χ1v) is 5.57. The molecule has 0 atom stereocenters. The summed E-state index contributed by atoms with van der Waals surface area (Å²) in [6.45, 7) is 3.37. The molecule has 0 aliphatic heterocycles. The molecule has 1 aromatic carbocycles. The molecule has 1 aromatic rings. The number of benzene rings is 1. The molecule has 0 saturated carbocycles. The fourth-order valence-corrected chi connectivity index (χ4v) is 1.45. The molecule has 3 nitrogen and oxygen atoms in total. The van der Waals surface area contributed by atoms with Crippen molar-refractivity contribution < 1.29 is 4.79 Å². The van der Waals surface area contributed by atoms with Gasteiger partial charge >= 0.3 is 0 Å². The van der Waals surface area contributed by atoms with E-state index in [0.717, 1.165) is 9.99 Å². The van der Waals surface area contributed by atoms with E-state index in [1.807, 2.05) is 12.1 Å². The van der Waals surface area contributed by atoms with Gasteiger partial charge in [0.05, 0.1) is 11.4 Å². The highest BCUT2D eigenvalue weighted by Crippen LogP contribution is 2.21. The molecule has 1 rings (SSSR count). The van der Waals surface area contributed by atoms with Gasteiger partial charge in [-0.15, -0.1) is 0 Å². The van der Waals surface area contributed by atoms with Crippen molar-refractivity contribution in [3.63, 3.8) is 0 Å². The Hall–Kier alpha value is -1.04. The molecular weight excluding hydrogens is 291 g/mol. The minimum absolute atomic E-state index is 0.248. The summed E-state index contributed by atoms with van der Waals surface area (Å²) in [4.78, 5) is 11.0. The molecule has 0 fully saturated rings. The maximum absolute atomic E-state index is 11.0. The van der Waals surface area contributed by atoms with Gasteiger partial charge in [-0.2, -0.15) is 0 Å². The average Bonchev–Trinajstić information content (AvgIpc) is 2.21. The second-order valence-corrected chi connectivity index (χ2v) is 3.51. The van der Waals surface area contributed by atoms with E-state index in [0.29, 0.717) is 11.4 Å². The summed E-state index contributed by atoms with van der Waals surface area (Å²) in [5.74, 6) is -0.248. The molecule has 0 bridgehead atoms. The summed E-state index contributed by atoms with van der Waals surface area (Å²) in [5, 5.41) is 2.65. The molecule has 3 N–H and O–H groups in total. The molecule has 0 radical (unpaired) electrons. The fourth-order valence-electron chi connectivity index (χ4n) is 0.979. The fraction of sp³-hybridized carbons (Fsp3) is 0.100. The first kappa shape index (κ1) is 11.0. The molecule has 0 aliphatic carbocycles. The SMILES string of the molecule is C=CC(=O)Nc1cc(CI)ccc1N. The Morgan fingerprint density at radius 2 is 2.36 bits per heavy atom. The zero-order chi connectivity index (χ0) is 10.6. The average molecular weight is 302 g/mol. The van der Waals surface area contributed by atoms with E-state index in [2.05, 4.69) is 34.5 Å². The number of rotatable bonds is 3. The number of carbonyl (C=O) groups excluding carboxylic acids is 1. The number of nitrogen functional groups attached to an aromatic ring is 1. The van der Waals surface area contributed by atoms with Gasteiger partial charge in [-0.3, -0.25) is 4.79 Å². The van der Waals surface area contributed by atoms with E-state index in [4.69, 9.17) is 5.73 Å². The van der Waals surface area contributed by atoms with Crippen LogP contribution in [0.5, 0.6) is 0 Å². The summed E-state index contributed by atoms with van der Waals surface area (Å²) in [5.41, 5.74) is 8.03. The maximum atomic E-state index is 11.0. The van der Waals surface area contributed by atoms with Crippen molar-refractivity contribution >= 4 is 39.9 Å². The van der Waals surface area contributed by atoms with E-state index in [1.54, 1.807) is 6.07 Å². The van der Waals surface area contributed by atoms with E-state index in [9.17, 15) is 4.79 Å². The number of nitrogens with two attached hydrogens (primary N) is 1. The van der Waals surface area contributed by atoms with Crippen molar-refractivity contribution in [2.75, 3.05) is 11.1 Å². The Kier molecular flexibility index (Phi) is 3.94. The van der Waals surface area contributed by atoms with Gasteiger partial charge in [0, 0.05) is 4.43 Å². The second-order valence-electron chi connectivity index (χ2n) is 2.75. The Bertz CT molecular complexity index is 363. The topological polar surface area (TPSA) is 55.1 Å². The highest BCUT2D eigenvalue weighted by Gasteiger charge is 2.02. The lowest BCUT2D eigenvalue weighted by atomic mass is 10.2. The van der Waals surface area contributed by atoms with E-state index < -0.39 is 0 Å². The van der Waals surface area contributed by atoms with Crippen LogP contribution in [0.3, 0.4) is 0 Å². The number of nitrogens with one attached hydrogen (secondary N) is 1. The largest absolute Gasteiger partial charge is 0.397 e. The summed E-state index contributed by atoms with van der Waals surface area (Å²) < 4.78 is 0.884. The summed E-state index contributed by atoms with van der Waals surface area (Å²) in [7, 11) is 0. The first-order chi connectivity index (χ1) is 6.67. The molecule has 74 valence electrons. The number of alkyl halides is 1. The van der Waals surface area contributed by atoms with Gasteiger partial charge in [-0.1, -0.05) is 35.2 Å². The highest BCUT2D eigenvalue weighted by atomic mass is 127. The Morgan fingerprint density at radius 3 is 2.93 bits per heavy atom. The minimum atomic E-state index is -0.248. The van der Waals surface area contributed by atoms with Gasteiger partial charge in [-0.05, 0) is 23.8 Å². The van der Waals surface area contributed by atoms with Crippen LogP contribution in [0.1, 0.15) is 5.56 Å². The third-order valence-electron chi connectivity index (χ3n) is 1.72. The number of carbonyl (C=O) groups is 1. The standard InChI is InChI=1S/C10H11IN2O/c1-2-10(14)13-9-5-7(6-11)3-4-8(9)12/h2-5H,1,6,12H2,(H,13,14). The van der Waals surface area contributed by atoms with E-state index >= 15 is 0 Å². The molecule has 0 aliphatic rings. The van der Waals surface area contributed by atoms with Gasteiger partial charge in [-0.25, -0.2) is 0 Å². The van der Waals surface area contributed by atoms with Crippen LogP contribution in [0, 0.1) is 0 Å². The lowest BCUT2D eigenvalue weighted by Crippen LogP contribution is -2.09. The van der Waals surface area contributed by atoms with Gasteiger partial charge in [0.25, 0.3) is 0 Å². The van der Waals surface area contributed by atoms with Crippen LogP contribution < -0.4 is 11.1 Å². The van der Waals surface area contributed by atoms with E-state index in [1.165, 1.54) is 6.08 Å². The van der Waals surface area contributed by atoms with Crippen LogP contribution >= 0.6 is 22.6 Å². The van der Waals surface area contributed by atoms with Crippen molar-refractivity contribution in [1.82, 2.24) is 0 Å². The molecule has 1 amide bonds. The van der Waals surface area contributed by atoms with Gasteiger partial charge in [0.2, 0.25) is 5.91 Å². The number of halogens is 1. The Morgan fingerprint density at radius 1 is 1.64 bits per heavy atom. The van der Waals surface area contributed by atoms with Crippen LogP contribution in [0.4, 0.5) is 11.4 Å². The van der Waals surface area contributed by atoms with Gasteiger partial charge in [0.1, 0.15) is 0 Å². The molecule has 4 heteroatoms. The van der Waals surface area contributed by atoms with Crippen LogP contribution in [0.25, 0.3) is 0 Å². The molecule has 0 aromatic heterocycles. The maximum Gasteiger partial charge on any atom is 0.247 e. The smallest absolute Gasteiger partial charge is 0.247 e. The molecule has 14 heavy (non-hydrogen) atoms. The van der Waals surface area contributed by atoms with Crippen molar-refractivity contribution in [1.29, 1.82) is 0 Å². The van der Waals surface area contributed by atoms with Crippen LogP contribution in [-0.4, -0.2) is 5.91 Å². The first-order valence-electron chi connectivity index (χ1n) is 4.05. The number of amides is 1. The summed E-state index contributed by atoms with van der Waals surface area (Å²) in [6.07, 6.45) is 1.22. The van der Waals surface area contributed by atoms with Gasteiger partial charge < -0.3 is 11.1 Å². The van der Waals surface area contributed by atoms with Crippen LogP contribution in [0.2, 0.25) is 0 Å². The number of hydrogen-bond donors (Lipinski definition) is 2.